The van der Waals surface area contributed by atoms with Crippen molar-refractivity contribution in [3.63, 3.8) is 0 Å². The summed E-state index contributed by atoms with van der Waals surface area (Å²) in [5.41, 5.74) is 1.79. The van der Waals surface area contributed by atoms with Crippen LogP contribution in [0.1, 0.15) is 6.92 Å². The van der Waals surface area contributed by atoms with E-state index in [2.05, 4.69) is 20.4 Å². The summed E-state index contributed by atoms with van der Waals surface area (Å²) in [6.45, 7) is 1.92. The Hall–Kier alpha value is -3.51. The summed E-state index contributed by atoms with van der Waals surface area (Å²) in [6.07, 6.45) is 2.60. The maximum atomic E-state index is 13.7. The molecule has 3 rings (SSSR count). The van der Waals surface area contributed by atoms with Crippen LogP contribution in [0.2, 0.25) is 0 Å². The van der Waals surface area contributed by atoms with Crippen molar-refractivity contribution in [1.29, 1.82) is 5.26 Å². The highest BCUT2D eigenvalue weighted by molar-refractivity contribution is 5.79. The Morgan fingerprint density at radius 3 is 2.89 bits per heavy atom. The molecule has 138 valence electrons. The van der Waals surface area contributed by atoms with Crippen molar-refractivity contribution in [3.05, 3.63) is 42.5 Å². The second-order valence-electron chi connectivity index (χ2n) is 5.94. The number of aromatic hydroxyl groups is 1. The van der Waals surface area contributed by atoms with Gasteiger partial charge in [-0.2, -0.15) is 10.4 Å². The lowest BCUT2D eigenvalue weighted by atomic mass is 10.1. The Labute approximate surface area is 154 Å². The van der Waals surface area contributed by atoms with E-state index in [9.17, 15) is 14.6 Å². The third-order valence-corrected chi connectivity index (χ3v) is 3.64. The summed E-state index contributed by atoms with van der Waals surface area (Å²) in [4.78, 5) is 8.49. The fraction of sp³-hybridized carbons (Fsp3) is 0.222. The molecule has 3 aromatic rings. The number of benzene rings is 1. The fourth-order valence-corrected chi connectivity index (χ4v) is 2.52. The first-order chi connectivity index (χ1) is 13.0. The van der Waals surface area contributed by atoms with Gasteiger partial charge in [-0.3, -0.25) is 4.68 Å². The van der Waals surface area contributed by atoms with Gasteiger partial charge in [0, 0.05) is 36.1 Å². The first kappa shape index (κ1) is 18.3. The molecule has 0 saturated carbocycles. The van der Waals surface area contributed by atoms with Crippen molar-refractivity contribution in [1.82, 2.24) is 19.7 Å². The molecular formula is C18H17FN6O2. The van der Waals surface area contributed by atoms with Gasteiger partial charge in [0.1, 0.15) is 23.8 Å². The fourth-order valence-electron chi connectivity index (χ4n) is 2.52. The number of nitriles is 1. The molecule has 0 aliphatic carbocycles. The highest BCUT2D eigenvalue weighted by atomic mass is 19.1. The van der Waals surface area contributed by atoms with Crippen molar-refractivity contribution in [2.75, 3.05) is 11.9 Å². The molecule has 0 radical (unpaired) electrons. The van der Waals surface area contributed by atoms with Crippen LogP contribution in [0.25, 0.3) is 22.5 Å². The van der Waals surface area contributed by atoms with Gasteiger partial charge in [0.15, 0.2) is 0 Å². The number of hydrogen-bond donors (Lipinski definition) is 3. The molecule has 2 aromatic heterocycles. The van der Waals surface area contributed by atoms with Gasteiger partial charge in [-0.05, 0) is 25.1 Å². The molecule has 1 unspecified atom stereocenters. The van der Waals surface area contributed by atoms with Crippen molar-refractivity contribution in [2.45, 2.75) is 19.6 Å². The van der Waals surface area contributed by atoms with E-state index in [1.54, 1.807) is 25.4 Å². The first-order valence-electron chi connectivity index (χ1n) is 8.16. The smallest absolute Gasteiger partial charge is 0.223 e. The molecule has 2 heterocycles. The van der Waals surface area contributed by atoms with Gasteiger partial charge in [0.2, 0.25) is 5.95 Å². The van der Waals surface area contributed by atoms with E-state index >= 15 is 0 Å². The Balaban J connectivity index is 2.07. The minimum absolute atomic E-state index is 0.00646. The number of aromatic nitrogens is 4. The number of hydrogen-bond acceptors (Lipinski definition) is 7. The van der Waals surface area contributed by atoms with Crippen LogP contribution in [0.15, 0.2) is 36.7 Å². The highest BCUT2D eigenvalue weighted by Crippen LogP contribution is 2.32. The number of nitrogens with one attached hydrogen (secondary N) is 1. The molecular weight excluding hydrogens is 351 g/mol. The van der Waals surface area contributed by atoms with Gasteiger partial charge in [-0.25, -0.2) is 14.4 Å². The summed E-state index contributed by atoms with van der Waals surface area (Å²) in [7, 11) is 0. The summed E-state index contributed by atoms with van der Waals surface area (Å²) >= 11 is 0. The predicted molar refractivity (Wildman–Crippen MR) is 96.1 cm³/mol. The SMILES string of the molecule is CC(O)CNc1nccc(-c2cn(CC#N)nc2-c2cc(O)cc(F)c2)n1. The lowest BCUT2D eigenvalue weighted by Crippen LogP contribution is -2.16. The average Bonchev–Trinajstić information content (AvgIpc) is 3.04. The number of aliphatic hydroxyl groups is 1. The number of halogens is 1. The van der Waals surface area contributed by atoms with E-state index in [4.69, 9.17) is 5.26 Å². The minimum atomic E-state index is -0.604. The molecule has 0 bridgehead atoms. The lowest BCUT2D eigenvalue weighted by molar-refractivity contribution is 0.208. The normalized spacial score (nSPS) is 11.8. The van der Waals surface area contributed by atoms with E-state index in [1.165, 1.54) is 16.8 Å². The van der Waals surface area contributed by atoms with Crippen LogP contribution < -0.4 is 5.32 Å². The van der Waals surface area contributed by atoms with Crippen LogP contribution in [0.3, 0.4) is 0 Å². The summed E-state index contributed by atoms with van der Waals surface area (Å²) in [6, 6.07) is 7.29. The standard InChI is InChI=1S/C18H17FN6O2/c1-11(26)9-22-18-21-4-2-16(23-18)15-10-25(5-3-20)24-17(15)12-6-13(19)8-14(27)7-12/h2,4,6-8,10-11,26-27H,5,9H2,1H3,(H,21,22,23). The molecule has 0 fully saturated rings. The molecule has 0 saturated heterocycles. The molecule has 0 aliphatic rings. The van der Waals surface area contributed by atoms with Crippen LogP contribution in [0.4, 0.5) is 10.3 Å². The number of phenols is 1. The number of aliphatic hydroxyl groups excluding tert-OH is 1. The molecule has 3 N–H and O–H groups in total. The zero-order chi connectivity index (χ0) is 19.4. The topological polar surface area (TPSA) is 120 Å². The molecule has 0 amide bonds. The predicted octanol–water partition coefficient (Wildman–Crippen LogP) is 2.17. The maximum Gasteiger partial charge on any atom is 0.223 e. The largest absolute Gasteiger partial charge is 0.508 e. The second kappa shape index (κ2) is 7.80. The Bertz CT molecular complexity index is 976. The Morgan fingerprint density at radius 2 is 2.19 bits per heavy atom. The first-order valence-corrected chi connectivity index (χ1v) is 8.16. The molecule has 1 atom stereocenters. The van der Waals surface area contributed by atoms with Gasteiger partial charge < -0.3 is 15.5 Å². The van der Waals surface area contributed by atoms with E-state index < -0.39 is 11.9 Å². The average molecular weight is 368 g/mol. The minimum Gasteiger partial charge on any atom is -0.508 e. The number of nitrogens with zero attached hydrogens (tertiary/aromatic N) is 5. The number of anilines is 1. The monoisotopic (exact) mass is 368 g/mol. The lowest BCUT2D eigenvalue weighted by Gasteiger charge is -2.08. The van der Waals surface area contributed by atoms with Crippen molar-refractivity contribution >= 4 is 5.95 Å². The summed E-state index contributed by atoms with van der Waals surface area (Å²) in [5, 5.41) is 35.3. The van der Waals surface area contributed by atoms with Gasteiger partial charge in [-0.1, -0.05) is 0 Å². The Morgan fingerprint density at radius 1 is 1.37 bits per heavy atom. The van der Waals surface area contributed by atoms with E-state index in [0.29, 0.717) is 28.5 Å². The summed E-state index contributed by atoms with van der Waals surface area (Å²) in [5.74, 6) is -0.519. The van der Waals surface area contributed by atoms with Gasteiger partial charge in [0.25, 0.3) is 0 Å². The summed E-state index contributed by atoms with van der Waals surface area (Å²) < 4.78 is 15.2. The molecule has 9 heteroatoms. The van der Waals surface area contributed by atoms with Crippen molar-refractivity contribution < 1.29 is 14.6 Å². The molecule has 0 aliphatic heterocycles. The molecule has 8 nitrogen and oxygen atoms in total. The number of phenolic OH excluding ortho intramolecular Hbond substituents is 1. The van der Waals surface area contributed by atoms with Crippen LogP contribution in [0, 0.1) is 17.1 Å². The van der Waals surface area contributed by atoms with Gasteiger partial charge >= 0.3 is 0 Å². The van der Waals surface area contributed by atoms with Crippen LogP contribution >= 0.6 is 0 Å². The van der Waals surface area contributed by atoms with Crippen LogP contribution in [-0.2, 0) is 6.54 Å². The van der Waals surface area contributed by atoms with Crippen molar-refractivity contribution in [3.8, 4) is 34.3 Å². The van der Waals surface area contributed by atoms with Crippen molar-refractivity contribution in [2.24, 2.45) is 0 Å². The van der Waals surface area contributed by atoms with E-state index in [1.807, 2.05) is 6.07 Å². The molecule has 1 aromatic carbocycles. The van der Waals surface area contributed by atoms with E-state index in [0.717, 1.165) is 6.07 Å². The van der Waals surface area contributed by atoms with Gasteiger partial charge in [-0.15, -0.1) is 0 Å². The quantitative estimate of drug-likeness (QED) is 0.610. The number of rotatable bonds is 6. The zero-order valence-corrected chi connectivity index (χ0v) is 14.5. The highest BCUT2D eigenvalue weighted by Gasteiger charge is 2.16. The molecule has 0 spiro atoms. The molecule has 27 heavy (non-hydrogen) atoms. The zero-order valence-electron chi connectivity index (χ0n) is 14.5. The third kappa shape index (κ3) is 4.37. The van der Waals surface area contributed by atoms with E-state index in [-0.39, 0.29) is 18.8 Å². The van der Waals surface area contributed by atoms with Gasteiger partial charge in [0.05, 0.1) is 17.9 Å². The maximum absolute atomic E-state index is 13.7. The third-order valence-electron chi connectivity index (χ3n) is 3.64. The van der Waals surface area contributed by atoms with Crippen LogP contribution in [0.5, 0.6) is 5.75 Å². The Kier molecular flexibility index (Phi) is 5.28. The van der Waals surface area contributed by atoms with Crippen LogP contribution in [-0.4, -0.2) is 42.6 Å². The second-order valence-corrected chi connectivity index (χ2v) is 5.94.